The predicted octanol–water partition coefficient (Wildman–Crippen LogP) is 1.10. The van der Waals surface area contributed by atoms with Gasteiger partial charge in [-0.15, -0.1) is 0 Å². The van der Waals surface area contributed by atoms with E-state index in [9.17, 15) is 20.4 Å². The highest BCUT2D eigenvalue weighted by atomic mass is 35.5. The smallest absolute Gasteiger partial charge is 0.141 e. The third kappa shape index (κ3) is 4.32. The van der Waals surface area contributed by atoms with E-state index in [4.69, 9.17) is 21.1 Å². The van der Waals surface area contributed by atoms with Crippen LogP contribution in [0.4, 0.5) is 0 Å². The zero-order valence-corrected chi connectivity index (χ0v) is 18.0. The highest BCUT2D eigenvalue weighted by molar-refractivity contribution is 6.33. The van der Waals surface area contributed by atoms with Gasteiger partial charge < -0.3 is 35.2 Å². The van der Waals surface area contributed by atoms with E-state index in [1.165, 1.54) is 5.56 Å². The van der Waals surface area contributed by atoms with Gasteiger partial charge in [-0.25, -0.2) is 0 Å². The van der Waals surface area contributed by atoms with Gasteiger partial charge in [0.25, 0.3) is 0 Å². The molecular formula is C23H28ClNO6. The summed E-state index contributed by atoms with van der Waals surface area (Å²) in [6, 6.07) is 10.1. The molecule has 7 nitrogen and oxygen atoms in total. The van der Waals surface area contributed by atoms with E-state index >= 15 is 0 Å². The third-order valence-electron chi connectivity index (χ3n) is 6.03. The molecule has 0 aromatic heterocycles. The van der Waals surface area contributed by atoms with Crippen molar-refractivity contribution in [2.45, 2.75) is 49.9 Å². The maximum atomic E-state index is 10.6. The number of ether oxygens (including phenoxy) is 2. The van der Waals surface area contributed by atoms with Crippen molar-refractivity contribution in [2.75, 3.05) is 20.3 Å². The number of rotatable bonds is 6. The van der Waals surface area contributed by atoms with Crippen LogP contribution in [0.3, 0.4) is 0 Å². The first-order valence-electron chi connectivity index (χ1n) is 10.4. The Morgan fingerprint density at radius 2 is 1.77 bits per heavy atom. The fraction of sp³-hybridized carbons (Fsp3) is 0.478. The minimum absolute atomic E-state index is 0.460. The molecule has 0 radical (unpaired) electrons. The van der Waals surface area contributed by atoms with E-state index in [0.717, 1.165) is 23.2 Å². The van der Waals surface area contributed by atoms with Gasteiger partial charge >= 0.3 is 0 Å². The van der Waals surface area contributed by atoms with Crippen LogP contribution >= 0.6 is 11.6 Å². The van der Waals surface area contributed by atoms with Gasteiger partial charge in [0.1, 0.15) is 36.3 Å². The summed E-state index contributed by atoms with van der Waals surface area (Å²) in [4.78, 5) is 0. The summed E-state index contributed by atoms with van der Waals surface area (Å²) in [6.45, 7) is 0.774. The standard InChI is InChI=1S/C23H28ClNO6/c1-25-10-13-4-2-12(3-5-13)8-14-9-16(15-6-7-30-22(15)18(14)24)23-21(29)20(28)19(27)17(11-26)31-23/h2-5,9,17,19-21,23,25-29H,6-8,10-11H2,1H3. The lowest BCUT2D eigenvalue weighted by atomic mass is 9.87. The molecule has 5 atom stereocenters. The van der Waals surface area contributed by atoms with Crippen molar-refractivity contribution >= 4 is 11.6 Å². The summed E-state index contributed by atoms with van der Waals surface area (Å²) in [5, 5.41) is 44.2. The van der Waals surface area contributed by atoms with Gasteiger partial charge in [-0.2, -0.15) is 0 Å². The van der Waals surface area contributed by atoms with E-state index < -0.39 is 37.1 Å². The Balaban J connectivity index is 1.70. The number of nitrogens with one attached hydrogen (secondary N) is 1. The molecule has 0 amide bonds. The maximum absolute atomic E-state index is 10.6. The van der Waals surface area contributed by atoms with Crippen molar-refractivity contribution in [3.63, 3.8) is 0 Å². The van der Waals surface area contributed by atoms with E-state index in [1.54, 1.807) is 0 Å². The molecule has 2 aliphatic rings. The molecule has 5 unspecified atom stereocenters. The van der Waals surface area contributed by atoms with Gasteiger partial charge in [0.05, 0.1) is 18.2 Å². The average molecular weight is 450 g/mol. The summed E-state index contributed by atoms with van der Waals surface area (Å²) in [7, 11) is 1.90. The minimum atomic E-state index is -1.44. The van der Waals surface area contributed by atoms with Gasteiger partial charge in [-0.3, -0.25) is 0 Å². The van der Waals surface area contributed by atoms with Gasteiger partial charge in [0.2, 0.25) is 0 Å². The summed E-state index contributed by atoms with van der Waals surface area (Å²) in [6.07, 6.45) is -4.92. The molecule has 1 fully saturated rings. The summed E-state index contributed by atoms with van der Waals surface area (Å²) in [5.41, 5.74) is 4.55. The van der Waals surface area contributed by atoms with Crippen LogP contribution in [0.15, 0.2) is 30.3 Å². The molecule has 31 heavy (non-hydrogen) atoms. The normalized spacial score (nSPS) is 27.7. The van der Waals surface area contributed by atoms with Crippen LogP contribution in [0.5, 0.6) is 5.75 Å². The Labute approximate surface area is 186 Å². The zero-order valence-electron chi connectivity index (χ0n) is 17.3. The lowest BCUT2D eigenvalue weighted by molar-refractivity contribution is -0.231. The highest BCUT2D eigenvalue weighted by Crippen LogP contribution is 2.44. The molecule has 168 valence electrons. The number of hydrogen-bond acceptors (Lipinski definition) is 7. The molecular weight excluding hydrogens is 422 g/mol. The summed E-state index contributed by atoms with van der Waals surface area (Å²) in [5.74, 6) is 0.568. The SMILES string of the molecule is CNCc1ccc(Cc2cc(C3OC(CO)C(O)C(O)C3O)c3c(c2Cl)OCC3)cc1. The van der Waals surface area contributed by atoms with Crippen LogP contribution in [-0.4, -0.2) is 65.1 Å². The molecule has 0 bridgehead atoms. The van der Waals surface area contributed by atoms with Crippen molar-refractivity contribution < 1.29 is 29.9 Å². The Morgan fingerprint density at radius 1 is 1.06 bits per heavy atom. The molecule has 2 aromatic rings. The first-order valence-corrected chi connectivity index (χ1v) is 10.8. The molecule has 1 saturated heterocycles. The Bertz CT molecular complexity index is 919. The van der Waals surface area contributed by atoms with Crippen LogP contribution in [0, 0.1) is 0 Å². The first kappa shape index (κ1) is 22.5. The fourth-order valence-corrected chi connectivity index (χ4v) is 4.64. The van der Waals surface area contributed by atoms with Gasteiger partial charge in [0, 0.05) is 18.5 Å². The molecule has 5 N–H and O–H groups in total. The molecule has 8 heteroatoms. The largest absolute Gasteiger partial charge is 0.491 e. The number of hydrogen-bond donors (Lipinski definition) is 5. The quantitative estimate of drug-likeness (QED) is 0.449. The Hall–Kier alpha value is -1.71. The second-order valence-corrected chi connectivity index (χ2v) is 8.50. The average Bonchev–Trinajstić information content (AvgIpc) is 3.27. The van der Waals surface area contributed by atoms with E-state index in [0.29, 0.717) is 35.8 Å². The lowest BCUT2D eigenvalue weighted by Crippen LogP contribution is -2.55. The Morgan fingerprint density at radius 3 is 2.45 bits per heavy atom. The van der Waals surface area contributed by atoms with Gasteiger partial charge in [-0.05, 0) is 35.7 Å². The first-order chi connectivity index (χ1) is 14.9. The van der Waals surface area contributed by atoms with Crippen LogP contribution in [0.2, 0.25) is 5.02 Å². The van der Waals surface area contributed by atoms with Crippen molar-refractivity contribution in [3.05, 3.63) is 63.2 Å². The summed E-state index contributed by atoms with van der Waals surface area (Å²) >= 11 is 6.67. The predicted molar refractivity (Wildman–Crippen MR) is 115 cm³/mol. The molecule has 0 aliphatic carbocycles. The van der Waals surface area contributed by atoms with Crippen LogP contribution in [0.25, 0.3) is 0 Å². The number of benzene rings is 2. The number of aliphatic hydroxyl groups excluding tert-OH is 4. The van der Waals surface area contributed by atoms with Crippen LogP contribution in [-0.2, 0) is 24.1 Å². The topological polar surface area (TPSA) is 111 Å². The number of fused-ring (bicyclic) bond motifs is 1. The molecule has 2 heterocycles. The van der Waals surface area contributed by atoms with E-state index in [1.807, 2.05) is 25.2 Å². The molecule has 0 spiro atoms. The summed E-state index contributed by atoms with van der Waals surface area (Å²) < 4.78 is 11.6. The lowest BCUT2D eigenvalue weighted by Gasteiger charge is -2.40. The van der Waals surface area contributed by atoms with E-state index in [2.05, 4.69) is 17.4 Å². The third-order valence-corrected chi connectivity index (χ3v) is 6.44. The molecule has 2 aliphatic heterocycles. The van der Waals surface area contributed by atoms with Crippen molar-refractivity contribution in [3.8, 4) is 5.75 Å². The minimum Gasteiger partial charge on any atom is -0.491 e. The maximum Gasteiger partial charge on any atom is 0.141 e. The monoisotopic (exact) mass is 449 g/mol. The van der Waals surface area contributed by atoms with E-state index in [-0.39, 0.29) is 0 Å². The zero-order chi connectivity index (χ0) is 22.1. The van der Waals surface area contributed by atoms with Gasteiger partial charge in [-0.1, -0.05) is 41.9 Å². The number of halogens is 1. The highest BCUT2D eigenvalue weighted by Gasteiger charge is 2.45. The van der Waals surface area contributed by atoms with Crippen LogP contribution < -0.4 is 10.1 Å². The molecule has 4 rings (SSSR count). The number of aliphatic hydroxyl groups is 4. The van der Waals surface area contributed by atoms with Crippen molar-refractivity contribution in [1.82, 2.24) is 5.32 Å². The molecule has 2 aromatic carbocycles. The van der Waals surface area contributed by atoms with Crippen molar-refractivity contribution in [1.29, 1.82) is 0 Å². The van der Waals surface area contributed by atoms with Gasteiger partial charge in [0.15, 0.2) is 0 Å². The van der Waals surface area contributed by atoms with Crippen LogP contribution in [0.1, 0.15) is 33.9 Å². The fourth-order valence-electron chi connectivity index (χ4n) is 4.35. The van der Waals surface area contributed by atoms with Crippen molar-refractivity contribution in [2.24, 2.45) is 0 Å². The second kappa shape index (κ2) is 9.42. The Kier molecular flexibility index (Phi) is 6.83. The molecule has 0 saturated carbocycles. The second-order valence-electron chi connectivity index (χ2n) is 8.12.